The van der Waals surface area contributed by atoms with Gasteiger partial charge in [0.05, 0.1) is 33.4 Å². The zero-order valence-corrected chi connectivity index (χ0v) is 52.0. The first kappa shape index (κ1) is 54.7. The largest absolute Gasteiger partial charge is 0.458 e. The van der Waals surface area contributed by atoms with Crippen molar-refractivity contribution in [1.29, 1.82) is 0 Å². The Hall–Kier alpha value is -9.93. The second-order valence-electron chi connectivity index (χ2n) is 24.8. The number of hydrogen-bond donors (Lipinski definition) is 0. The second kappa shape index (κ2) is 22.7. The van der Waals surface area contributed by atoms with E-state index < -0.39 is 16.1 Å². The van der Waals surface area contributed by atoms with Crippen LogP contribution in [-0.2, 0) is 5.41 Å². The summed E-state index contributed by atoms with van der Waals surface area (Å²) in [4.78, 5) is 4.95. The van der Waals surface area contributed by atoms with Gasteiger partial charge in [-0.1, -0.05) is 287 Å². The molecule has 0 bridgehead atoms. The van der Waals surface area contributed by atoms with Gasteiger partial charge in [-0.25, -0.2) is 4.98 Å². The van der Waals surface area contributed by atoms with Gasteiger partial charge < -0.3 is 4.74 Å². The average molecular weight is 1170 g/mol. The number of para-hydroxylation sites is 4. The molecule has 14 aromatic rings. The van der Waals surface area contributed by atoms with E-state index in [1.165, 1.54) is 73.8 Å². The van der Waals surface area contributed by atoms with Gasteiger partial charge >= 0.3 is 0 Å². The lowest BCUT2D eigenvalue weighted by Gasteiger charge is -2.36. The molecule has 11 aromatic carbocycles. The molecule has 426 valence electrons. The zero-order valence-electron chi connectivity index (χ0n) is 50.0. The Kier molecular flexibility index (Phi) is 14.1. The number of pyridine rings is 1. The molecule has 0 aliphatic carbocycles. The molecular formula is C81H68N4OSi2. The second-order valence-corrected chi connectivity index (χ2v) is 32.9. The van der Waals surface area contributed by atoms with Gasteiger partial charge in [-0.3, -0.25) is 13.7 Å². The molecule has 0 N–H and O–H groups in total. The lowest BCUT2D eigenvalue weighted by Crippen LogP contribution is -2.74. The molecule has 5 nitrogen and oxygen atoms in total. The maximum Gasteiger partial charge on any atom is 0.269 e. The lowest BCUT2D eigenvalue weighted by molar-refractivity contribution is -0.571. The van der Waals surface area contributed by atoms with Gasteiger partial charge in [-0.05, 0) is 115 Å². The van der Waals surface area contributed by atoms with Crippen molar-refractivity contribution < 1.29 is 9.30 Å². The summed E-state index contributed by atoms with van der Waals surface area (Å²) in [5.41, 5.74) is 12.1. The van der Waals surface area contributed by atoms with E-state index in [1.54, 1.807) is 5.19 Å². The van der Waals surface area contributed by atoms with Crippen LogP contribution in [0.25, 0.3) is 72.3 Å². The summed E-state index contributed by atoms with van der Waals surface area (Å²) >= 11 is 0. The minimum absolute atomic E-state index is 0.0352. The molecule has 1 fully saturated rings. The van der Waals surface area contributed by atoms with Crippen LogP contribution >= 0.6 is 0 Å². The average Bonchev–Trinajstić information content (AvgIpc) is 2.10. The van der Waals surface area contributed by atoms with E-state index in [1.807, 2.05) is 12.3 Å². The molecule has 0 amide bonds. The number of fused-ring (bicyclic) bond motifs is 4. The number of ether oxygens (including phenoxy) is 1. The predicted molar refractivity (Wildman–Crippen MR) is 370 cm³/mol. The SMILES string of the molecule is CC(C)(C)c1ccnc(-n2c3ccccc3c3ccc(Oc4cccc(-n5[c-][n+](-c6c(-c7cccc([Si]8(c9ccccc9)CCCCC8)c7)cccc6-c6cccc([Si](c7ccccc7)(c7ccccc7)c7ccccc7)c6)c6ccccc65)c4)cc32)c1. The van der Waals surface area contributed by atoms with Crippen LogP contribution in [0.5, 0.6) is 11.5 Å². The molecule has 88 heavy (non-hydrogen) atoms. The van der Waals surface area contributed by atoms with Gasteiger partial charge in [0.15, 0.2) is 8.07 Å². The van der Waals surface area contributed by atoms with Gasteiger partial charge in [-0.15, -0.1) is 0 Å². The molecule has 1 aliphatic rings. The van der Waals surface area contributed by atoms with E-state index in [4.69, 9.17) is 9.72 Å². The summed E-state index contributed by atoms with van der Waals surface area (Å²) in [7, 11) is -5.00. The van der Waals surface area contributed by atoms with Crippen LogP contribution in [0.4, 0.5) is 0 Å². The fraction of sp³-hybridized carbons (Fsp3) is 0.111. The third-order valence-electron chi connectivity index (χ3n) is 18.6. The summed E-state index contributed by atoms with van der Waals surface area (Å²) in [5.74, 6) is 2.35. The summed E-state index contributed by atoms with van der Waals surface area (Å²) in [6, 6.07) is 110. The number of hydrogen-bond acceptors (Lipinski definition) is 2. The smallest absolute Gasteiger partial charge is 0.269 e. The molecule has 0 atom stereocenters. The standard InChI is InChI=1S/C81H68N4OSi2/c1-81(2,3)61-49-50-82-79(55-61)85-75-44-18-17-41-73(75)74-48-47-64(57-78(74)85)86-63-30-25-29-62(56-63)83-58-84(77-46-20-19-45-76(77)83)80-71(59-27-23-39-69(53-59)87(51-21-8-22-52-87)65-31-9-4-10-32-65)42-26-43-72(80)60-28-24-40-70(54-60)88(66-33-11-5-12-34-66,67-35-13-6-14-36-67)68-37-15-7-16-38-68/h4-7,9-20,23-50,53-57H,8,21-22,51-52H2,1-3H3. The Morgan fingerprint density at radius 3 is 1.70 bits per heavy atom. The lowest BCUT2D eigenvalue weighted by atomic mass is 9.88. The van der Waals surface area contributed by atoms with Crippen LogP contribution in [0.1, 0.15) is 45.6 Å². The van der Waals surface area contributed by atoms with Crippen molar-refractivity contribution in [2.75, 3.05) is 0 Å². The van der Waals surface area contributed by atoms with E-state index in [0.29, 0.717) is 0 Å². The Morgan fingerprint density at radius 2 is 1.01 bits per heavy atom. The van der Waals surface area contributed by atoms with Crippen LogP contribution in [0.2, 0.25) is 12.1 Å². The summed E-state index contributed by atoms with van der Waals surface area (Å²) in [6.45, 7) is 6.74. The van der Waals surface area contributed by atoms with Crippen molar-refractivity contribution in [3.63, 3.8) is 0 Å². The predicted octanol–water partition coefficient (Wildman–Crippen LogP) is 15.7. The van der Waals surface area contributed by atoms with Crippen molar-refractivity contribution in [3.8, 4) is 50.9 Å². The molecule has 0 unspecified atom stereocenters. The molecule has 0 saturated carbocycles. The van der Waals surface area contributed by atoms with E-state index >= 15 is 0 Å². The molecule has 3 aromatic heterocycles. The van der Waals surface area contributed by atoms with E-state index in [2.05, 4.69) is 326 Å². The van der Waals surface area contributed by atoms with Gasteiger partial charge in [0.2, 0.25) is 0 Å². The Bertz CT molecular complexity index is 4750. The summed E-state index contributed by atoms with van der Waals surface area (Å²) in [6.07, 6.45) is 9.80. The minimum Gasteiger partial charge on any atom is -0.458 e. The van der Waals surface area contributed by atoms with Crippen LogP contribution in [-0.4, -0.2) is 30.3 Å². The van der Waals surface area contributed by atoms with E-state index in [9.17, 15) is 0 Å². The Balaban J connectivity index is 0.904. The van der Waals surface area contributed by atoms with E-state index in [0.717, 1.165) is 72.8 Å². The molecule has 4 heterocycles. The van der Waals surface area contributed by atoms with Crippen molar-refractivity contribution in [2.45, 2.75) is 57.5 Å². The molecule has 0 radical (unpaired) electrons. The molecule has 1 saturated heterocycles. The topological polar surface area (TPSA) is 35.9 Å². The van der Waals surface area contributed by atoms with Gasteiger partial charge in [0, 0.05) is 23.0 Å². The van der Waals surface area contributed by atoms with Crippen LogP contribution in [0.15, 0.2) is 297 Å². The van der Waals surface area contributed by atoms with Gasteiger partial charge in [-0.2, -0.15) is 0 Å². The molecule has 1 aliphatic heterocycles. The Morgan fingerprint density at radius 1 is 0.455 bits per heavy atom. The number of rotatable bonds is 13. The number of aromatic nitrogens is 4. The third kappa shape index (κ3) is 9.62. The number of imidazole rings is 1. The Labute approximate surface area is 518 Å². The highest BCUT2D eigenvalue weighted by Gasteiger charge is 2.42. The first-order chi connectivity index (χ1) is 43.2. The molecule has 0 spiro atoms. The first-order valence-corrected chi connectivity index (χ1v) is 35.5. The van der Waals surface area contributed by atoms with Crippen LogP contribution in [0, 0.1) is 6.33 Å². The fourth-order valence-corrected chi connectivity index (χ4v) is 24.3. The van der Waals surface area contributed by atoms with Crippen molar-refractivity contribution >= 4 is 80.1 Å². The normalized spacial score (nSPS) is 13.5. The highest BCUT2D eigenvalue weighted by atomic mass is 28.3. The number of nitrogens with zero attached hydrogens (tertiary/aromatic N) is 4. The maximum atomic E-state index is 6.95. The maximum absolute atomic E-state index is 6.95. The number of benzene rings is 11. The monoisotopic (exact) mass is 1170 g/mol. The van der Waals surface area contributed by atoms with Gasteiger partial charge in [0.1, 0.15) is 25.4 Å². The molecular weight excluding hydrogens is 1100 g/mol. The van der Waals surface area contributed by atoms with Gasteiger partial charge in [0.25, 0.3) is 6.33 Å². The minimum atomic E-state index is -2.90. The highest BCUT2D eigenvalue weighted by molar-refractivity contribution is 7.20. The van der Waals surface area contributed by atoms with Crippen molar-refractivity contribution in [3.05, 3.63) is 309 Å². The third-order valence-corrected chi connectivity index (χ3v) is 28.7. The highest BCUT2D eigenvalue weighted by Crippen LogP contribution is 2.39. The van der Waals surface area contributed by atoms with Crippen LogP contribution in [0.3, 0.4) is 0 Å². The zero-order chi connectivity index (χ0) is 59.2. The quantitative estimate of drug-likeness (QED) is 0.0499. The summed E-state index contributed by atoms with van der Waals surface area (Å²) in [5, 5.41) is 10.7. The van der Waals surface area contributed by atoms with Crippen molar-refractivity contribution in [1.82, 2.24) is 14.1 Å². The molecule has 15 rings (SSSR count). The van der Waals surface area contributed by atoms with E-state index in [-0.39, 0.29) is 5.41 Å². The first-order valence-electron chi connectivity index (χ1n) is 31.1. The molecule has 7 heteroatoms. The summed E-state index contributed by atoms with van der Waals surface area (Å²) < 4.78 is 13.8. The van der Waals surface area contributed by atoms with Crippen LogP contribution < -0.4 is 40.4 Å². The van der Waals surface area contributed by atoms with Crippen molar-refractivity contribution in [2.24, 2.45) is 0 Å². The fourth-order valence-electron chi connectivity index (χ4n) is 14.4.